The van der Waals surface area contributed by atoms with Crippen molar-refractivity contribution in [1.29, 1.82) is 0 Å². The summed E-state index contributed by atoms with van der Waals surface area (Å²) in [6, 6.07) is 6.05. The number of aromatic nitrogens is 1. The molecule has 2 rings (SSSR count). The Morgan fingerprint density at radius 1 is 1.32 bits per heavy atom. The number of amides is 1. The summed E-state index contributed by atoms with van der Waals surface area (Å²) in [7, 11) is -3.36. The number of nitrogens with zero attached hydrogens (tertiary/aromatic N) is 1. The molecule has 1 heterocycles. The first kappa shape index (κ1) is 16.1. The minimum absolute atomic E-state index is 0.0662. The van der Waals surface area contributed by atoms with Gasteiger partial charge in [-0.3, -0.25) is 14.9 Å². The van der Waals surface area contributed by atoms with E-state index >= 15 is 0 Å². The van der Waals surface area contributed by atoms with Crippen molar-refractivity contribution < 1.29 is 22.7 Å². The first-order valence-electron chi connectivity index (χ1n) is 6.01. The van der Waals surface area contributed by atoms with Crippen molar-refractivity contribution in [2.24, 2.45) is 0 Å². The molecule has 7 nitrogen and oxygen atoms in total. The lowest BCUT2D eigenvalue weighted by Gasteiger charge is -2.04. The second-order valence-corrected chi connectivity index (χ2v) is 7.61. The quantitative estimate of drug-likeness (QED) is 0.671. The number of anilines is 1. The highest BCUT2D eigenvalue weighted by Gasteiger charge is 2.14. The third-order valence-electron chi connectivity index (χ3n) is 2.43. The number of thiazole rings is 1. The van der Waals surface area contributed by atoms with Crippen molar-refractivity contribution in [3.8, 4) is 5.75 Å². The molecule has 2 aromatic rings. The van der Waals surface area contributed by atoms with E-state index < -0.39 is 21.7 Å². The van der Waals surface area contributed by atoms with E-state index in [1.807, 2.05) is 0 Å². The molecule has 0 saturated carbocycles. The fourth-order valence-electron chi connectivity index (χ4n) is 1.52. The molecule has 1 amide bonds. The maximum atomic E-state index is 12.1. The zero-order chi connectivity index (χ0) is 16.3. The van der Waals surface area contributed by atoms with Crippen molar-refractivity contribution in [1.82, 2.24) is 4.98 Å². The second kappa shape index (κ2) is 6.24. The molecular formula is C13H12N2O5S2. The van der Waals surface area contributed by atoms with Crippen LogP contribution in [0.25, 0.3) is 0 Å². The predicted molar refractivity (Wildman–Crippen MR) is 80.9 cm³/mol. The van der Waals surface area contributed by atoms with E-state index in [1.54, 1.807) is 12.1 Å². The number of nitrogens with one attached hydrogen (secondary N) is 1. The number of rotatable bonds is 4. The van der Waals surface area contributed by atoms with Crippen LogP contribution in [0.4, 0.5) is 5.13 Å². The number of hydrogen-bond donors (Lipinski definition) is 1. The highest BCUT2D eigenvalue weighted by atomic mass is 32.2. The highest BCUT2D eigenvalue weighted by molar-refractivity contribution is 7.92. The summed E-state index contributed by atoms with van der Waals surface area (Å²) < 4.78 is 27.7. The molecule has 0 aliphatic rings. The van der Waals surface area contributed by atoms with Crippen molar-refractivity contribution in [2.75, 3.05) is 11.6 Å². The van der Waals surface area contributed by atoms with Gasteiger partial charge in [-0.05, 0) is 18.2 Å². The largest absolute Gasteiger partial charge is 0.427 e. The van der Waals surface area contributed by atoms with E-state index in [0.29, 0.717) is 0 Å². The number of sulfone groups is 1. The fourth-order valence-corrected chi connectivity index (χ4v) is 3.16. The third kappa shape index (κ3) is 4.12. The summed E-state index contributed by atoms with van der Waals surface area (Å²) in [4.78, 5) is 26.8. The fraction of sp³-hybridized carbons (Fsp3) is 0.154. The minimum atomic E-state index is -3.36. The third-order valence-corrected chi connectivity index (χ3v) is 5.13. The lowest BCUT2D eigenvalue weighted by Crippen LogP contribution is -2.12. The molecule has 0 fully saturated rings. The molecule has 0 radical (unpaired) electrons. The van der Waals surface area contributed by atoms with Crippen molar-refractivity contribution in [3.63, 3.8) is 0 Å². The van der Waals surface area contributed by atoms with Gasteiger partial charge < -0.3 is 4.74 Å². The Hall–Kier alpha value is -2.26. The van der Waals surface area contributed by atoms with Crippen LogP contribution in [0.2, 0.25) is 0 Å². The Kier molecular flexibility index (Phi) is 4.57. The van der Waals surface area contributed by atoms with Gasteiger partial charge in [0.1, 0.15) is 9.96 Å². The van der Waals surface area contributed by atoms with Crippen LogP contribution >= 0.6 is 11.3 Å². The average Bonchev–Trinajstić information content (AvgIpc) is 2.86. The van der Waals surface area contributed by atoms with Crippen LogP contribution < -0.4 is 10.1 Å². The van der Waals surface area contributed by atoms with E-state index in [2.05, 4.69) is 10.3 Å². The number of ether oxygens (including phenoxy) is 1. The van der Waals surface area contributed by atoms with Gasteiger partial charge in [0.05, 0.1) is 6.20 Å². The summed E-state index contributed by atoms with van der Waals surface area (Å²) in [5.74, 6) is -0.727. The molecule has 1 aromatic heterocycles. The maximum Gasteiger partial charge on any atom is 0.308 e. The highest BCUT2D eigenvalue weighted by Crippen LogP contribution is 2.23. The Labute approximate surface area is 130 Å². The van der Waals surface area contributed by atoms with E-state index in [4.69, 9.17) is 4.74 Å². The molecular weight excluding hydrogens is 328 g/mol. The van der Waals surface area contributed by atoms with E-state index in [1.165, 1.54) is 25.3 Å². The van der Waals surface area contributed by atoms with Crippen LogP contribution in [0.15, 0.2) is 34.7 Å². The topological polar surface area (TPSA) is 102 Å². The lowest BCUT2D eigenvalue weighted by atomic mass is 10.2. The smallest absolute Gasteiger partial charge is 0.308 e. The van der Waals surface area contributed by atoms with E-state index in [9.17, 15) is 18.0 Å². The van der Waals surface area contributed by atoms with Crippen LogP contribution in [0.3, 0.4) is 0 Å². The Balaban J connectivity index is 2.15. The Morgan fingerprint density at radius 3 is 2.64 bits per heavy atom. The van der Waals surface area contributed by atoms with Crippen molar-refractivity contribution >= 4 is 38.2 Å². The Bertz CT molecular complexity index is 826. The molecule has 0 atom stereocenters. The normalized spacial score (nSPS) is 11.0. The molecule has 1 N–H and O–H groups in total. The standard InChI is InChI=1S/C13H12N2O5S2/c1-8(16)20-10-5-3-4-9(6-10)12(17)15-13-14-7-11(21-13)22(2,18)19/h3-7H,1-2H3,(H,14,15,17). The number of carbonyl (C=O) groups is 2. The predicted octanol–water partition coefficient (Wildman–Crippen LogP) is 1.72. The SMILES string of the molecule is CC(=O)Oc1cccc(C(=O)Nc2ncc(S(C)(=O)=O)s2)c1. The zero-order valence-electron chi connectivity index (χ0n) is 11.7. The van der Waals surface area contributed by atoms with Gasteiger partial charge in [0.15, 0.2) is 15.0 Å². The van der Waals surface area contributed by atoms with Gasteiger partial charge in [0.25, 0.3) is 5.91 Å². The van der Waals surface area contributed by atoms with Crippen LogP contribution in [-0.4, -0.2) is 31.5 Å². The second-order valence-electron chi connectivity index (χ2n) is 4.33. The minimum Gasteiger partial charge on any atom is -0.427 e. The van der Waals surface area contributed by atoms with Crippen LogP contribution in [-0.2, 0) is 14.6 Å². The van der Waals surface area contributed by atoms with Gasteiger partial charge in [0, 0.05) is 18.7 Å². The molecule has 0 spiro atoms. The summed E-state index contributed by atoms with van der Waals surface area (Å²) in [5, 5.41) is 2.66. The number of carbonyl (C=O) groups excluding carboxylic acids is 2. The summed E-state index contributed by atoms with van der Waals surface area (Å²) in [6.45, 7) is 1.26. The van der Waals surface area contributed by atoms with Crippen molar-refractivity contribution in [2.45, 2.75) is 11.1 Å². The number of esters is 1. The summed E-state index contributed by atoms with van der Waals surface area (Å²) in [5.41, 5.74) is 0.259. The monoisotopic (exact) mass is 340 g/mol. The maximum absolute atomic E-state index is 12.1. The number of hydrogen-bond acceptors (Lipinski definition) is 7. The van der Waals surface area contributed by atoms with Gasteiger partial charge in [0.2, 0.25) is 0 Å². The molecule has 0 bridgehead atoms. The first-order chi connectivity index (χ1) is 10.3. The number of benzene rings is 1. The molecule has 1 aromatic carbocycles. The molecule has 9 heteroatoms. The van der Waals surface area contributed by atoms with Gasteiger partial charge in [-0.15, -0.1) is 0 Å². The van der Waals surface area contributed by atoms with Gasteiger partial charge in [-0.1, -0.05) is 17.4 Å². The van der Waals surface area contributed by atoms with Crippen LogP contribution in [0.1, 0.15) is 17.3 Å². The Morgan fingerprint density at radius 2 is 2.05 bits per heavy atom. The zero-order valence-corrected chi connectivity index (χ0v) is 13.3. The first-order valence-corrected chi connectivity index (χ1v) is 8.72. The molecule has 22 heavy (non-hydrogen) atoms. The molecule has 116 valence electrons. The molecule has 0 unspecified atom stereocenters. The van der Waals surface area contributed by atoms with E-state index in [-0.39, 0.29) is 20.7 Å². The summed E-state index contributed by atoms with van der Waals surface area (Å²) >= 11 is 0.861. The van der Waals surface area contributed by atoms with Gasteiger partial charge >= 0.3 is 5.97 Å². The van der Waals surface area contributed by atoms with Crippen LogP contribution in [0, 0.1) is 0 Å². The molecule has 0 aliphatic carbocycles. The van der Waals surface area contributed by atoms with Gasteiger partial charge in [-0.25, -0.2) is 13.4 Å². The molecule has 0 aliphatic heterocycles. The lowest BCUT2D eigenvalue weighted by molar-refractivity contribution is -0.131. The van der Waals surface area contributed by atoms with Crippen molar-refractivity contribution in [3.05, 3.63) is 36.0 Å². The van der Waals surface area contributed by atoms with E-state index in [0.717, 1.165) is 17.6 Å². The average molecular weight is 340 g/mol. The van der Waals surface area contributed by atoms with Crippen LogP contribution in [0.5, 0.6) is 5.75 Å². The summed E-state index contributed by atoms with van der Waals surface area (Å²) in [6.07, 6.45) is 2.25. The molecule has 0 saturated heterocycles. The van der Waals surface area contributed by atoms with Gasteiger partial charge in [-0.2, -0.15) is 0 Å².